The number of piperidine rings is 1. The molecule has 0 spiro atoms. The molecule has 0 aromatic rings. The van der Waals surface area contributed by atoms with E-state index in [9.17, 15) is 0 Å². The van der Waals surface area contributed by atoms with Crippen LogP contribution < -0.4 is 10.6 Å². The molecule has 2 saturated heterocycles. The first kappa shape index (κ1) is 13.3. The summed E-state index contributed by atoms with van der Waals surface area (Å²) in [5, 5.41) is 7.42. The van der Waals surface area contributed by atoms with Crippen molar-refractivity contribution in [3.8, 4) is 0 Å². The lowest BCUT2D eigenvalue weighted by atomic mass is 10.0. The van der Waals surface area contributed by atoms with Crippen LogP contribution >= 0.6 is 0 Å². The van der Waals surface area contributed by atoms with Gasteiger partial charge in [-0.3, -0.25) is 0 Å². The Labute approximate surface area is 106 Å². The van der Waals surface area contributed by atoms with E-state index in [4.69, 9.17) is 0 Å². The molecular formula is C14H29N3. The summed E-state index contributed by atoms with van der Waals surface area (Å²) in [4.78, 5) is 2.57. The van der Waals surface area contributed by atoms with Crippen LogP contribution in [-0.2, 0) is 0 Å². The van der Waals surface area contributed by atoms with Crippen LogP contribution in [0.4, 0.5) is 0 Å². The third-order valence-corrected chi connectivity index (χ3v) is 4.27. The van der Waals surface area contributed by atoms with Crippen LogP contribution in [-0.4, -0.2) is 49.2 Å². The molecule has 0 saturated carbocycles. The third-order valence-electron chi connectivity index (χ3n) is 4.27. The van der Waals surface area contributed by atoms with Gasteiger partial charge in [0, 0.05) is 24.7 Å². The van der Waals surface area contributed by atoms with Gasteiger partial charge in [-0.1, -0.05) is 6.92 Å². The molecule has 2 N–H and O–H groups in total. The van der Waals surface area contributed by atoms with Gasteiger partial charge >= 0.3 is 0 Å². The molecule has 3 heteroatoms. The Morgan fingerprint density at radius 2 is 2.24 bits per heavy atom. The third kappa shape index (κ3) is 4.23. The van der Waals surface area contributed by atoms with Crippen molar-refractivity contribution in [1.29, 1.82) is 0 Å². The Morgan fingerprint density at radius 1 is 1.35 bits per heavy atom. The van der Waals surface area contributed by atoms with Gasteiger partial charge in [0.2, 0.25) is 0 Å². The van der Waals surface area contributed by atoms with Crippen LogP contribution in [0, 0.1) is 0 Å². The number of nitrogens with one attached hydrogen (secondary N) is 2. The topological polar surface area (TPSA) is 27.3 Å². The molecule has 0 aromatic carbocycles. The molecular weight excluding hydrogens is 210 g/mol. The number of rotatable bonds is 5. The predicted octanol–water partition coefficient (Wildman–Crippen LogP) is 1.59. The standard InChI is InChI=1S/C14H29N3/c1-3-17-9-5-7-14(11-17)16-12(2)10-13-6-4-8-15-13/h12-16H,3-11H2,1-2H3. The molecule has 0 radical (unpaired) electrons. The molecule has 3 nitrogen and oxygen atoms in total. The minimum absolute atomic E-state index is 0.660. The molecule has 2 aliphatic rings. The second-order valence-electron chi connectivity index (χ2n) is 5.83. The molecule has 2 heterocycles. The number of hydrogen-bond acceptors (Lipinski definition) is 3. The van der Waals surface area contributed by atoms with E-state index in [0.29, 0.717) is 6.04 Å². The van der Waals surface area contributed by atoms with Gasteiger partial charge in [0.05, 0.1) is 0 Å². The molecule has 2 aliphatic heterocycles. The van der Waals surface area contributed by atoms with E-state index < -0.39 is 0 Å². The summed E-state index contributed by atoms with van der Waals surface area (Å²) in [7, 11) is 0. The van der Waals surface area contributed by atoms with Crippen LogP contribution in [0.5, 0.6) is 0 Å². The number of likely N-dealkylation sites (N-methyl/N-ethyl adjacent to an activating group) is 1. The maximum absolute atomic E-state index is 3.83. The molecule has 2 fully saturated rings. The normalized spacial score (nSPS) is 32.8. The summed E-state index contributed by atoms with van der Waals surface area (Å²) in [6, 6.07) is 2.15. The van der Waals surface area contributed by atoms with Gasteiger partial charge in [0.1, 0.15) is 0 Å². The predicted molar refractivity (Wildman–Crippen MR) is 73.4 cm³/mol. The minimum atomic E-state index is 0.660. The van der Waals surface area contributed by atoms with E-state index in [1.165, 1.54) is 58.3 Å². The van der Waals surface area contributed by atoms with Gasteiger partial charge in [-0.2, -0.15) is 0 Å². The fraction of sp³-hybridized carbons (Fsp3) is 1.00. The average molecular weight is 239 g/mol. The van der Waals surface area contributed by atoms with Crippen molar-refractivity contribution in [2.24, 2.45) is 0 Å². The Balaban J connectivity index is 1.68. The maximum Gasteiger partial charge on any atom is 0.0197 e. The van der Waals surface area contributed by atoms with E-state index in [1.54, 1.807) is 0 Å². The Morgan fingerprint density at radius 3 is 2.94 bits per heavy atom. The van der Waals surface area contributed by atoms with Crippen molar-refractivity contribution < 1.29 is 0 Å². The summed E-state index contributed by atoms with van der Waals surface area (Å²) in [5.41, 5.74) is 0. The van der Waals surface area contributed by atoms with Crippen LogP contribution in [0.25, 0.3) is 0 Å². The number of hydrogen-bond donors (Lipinski definition) is 2. The van der Waals surface area contributed by atoms with Gasteiger partial charge in [0.15, 0.2) is 0 Å². The molecule has 0 aromatic heterocycles. The Hall–Kier alpha value is -0.120. The van der Waals surface area contributed by atoms with Gasteiger partial charge in [0.25, 0.3) is 0 Å². The Kier molecular flexibility index (Phi) is 5.26. The summed E-state index contributed by atoms with van der Waals surface area (Å²) in [6.07, 6.45) is 6.75. The van der Waals surface area contributed by atoms with Crippen LogP contribution in [0.1, 0.15) is 46.0 Å². The van der Waals surface area contributed by atoms with E-state index in [1.807, 2.05) is 0 Å². The Bertz CT molecular complexity index is 214. The fourth-order valence-corrected chi connectivity index (χ4v) is 3.33. The zero-order valence-corrected chi connectivity index (χ0v) is 11.5. The molecule has 17 heavy (non-hydrogen) atoms. The maximum atomic E-state index is 3.83. The first-order valence-electron chi connectivity index (χ1n) is 7.49. The van der Waals surface area contributed by atoms with E-state index in [2.05, 4.69) is 29.4 Å². The largest absolute Gasteiger partial charge is 0.314 e. The second-order valence-corrected chi connectivity index (χ2v) is 5.83. The molecule has 2 rings (SSSR count). The summed E-state index contributed by atoms with van der Waals surface area (Å²) < 4.78 is 0. The number of nitrogens with zero attached hydrogens (tertiary/aromatic N) is 1. The average Bonchev–Trinajstić information content (AvgIpc) is 2.82. The lowest BCUT2D eigenvalue weighted by Crippen LogP contribution is -2.49. The van der Waals surface area contributed by atoms with Crippen molar-refractivity contribution in [2.45, 2.75) is 64.1 Å². The quantitative estimate of drug-likeness (QED) is 0.763. The van der Waals surface area contributed by atoms with E-state index in [-0.39, 0.29) is 0 Å². The minimum Gasteiger partial charge on any atom is -0.314 e. The molecule has 0 aliphatic carbocycles. The van der Waals surface area contributed by atoms with Gasteiger partial charge in [-0.05, 0) is 58.7 Å². The van der Waals surface area contributed by atoms with E-state index >= 15 is 0 Å². The molecule has 0 amide bonds. The van der Waals surface area contributed by atoms with Gasteiger partial charge in [-0.25, -0.2) is 0 Å². The van der Waals surface area contributed by atoms with E-state index in [0.717, 1.165) is 12.1 Å². The summed E-state index contributed by atoms with van der Waals surface area (Å²) in [5.74, 6) is 0. The molecule has 3 unspecified atom stereocenters. The van der Waals surface area contributed by atoms with Crippen molar-refractivity contribution in [3.63, 3.8) is 0 Å². The van der Waals surface area contributed by atoms with Crippen molar-refractivity contribution in [1.82, 2.24) is 15.5 Å². The van der Waals surface area contributed by atoms with Crippen molar-refractivity contribution in [3.05, 3.63) is 0 Å². The summed E-state index contributed by atoms with van der Waals surface area (Å²) in [6.45, 7) is 9.60. The molecule has 100 valence electrons. The zero-order chi connectivity index (χ0) is 12.1. The van der Waals surface area contributed by atoms with Crippen molar-refractivity contribution >= 4 is 0 Å². The highest BCUT2D eigenvalue weighted by Gasteiger charge is 2.22. The van der Waals surface area contributed by atoms with Gasteiger partial charge < -0.3 is 15.5 Å². The SMILES string of the molecule is CCN1CCCC(NC(C)CC2CCCN2)C1. The highest BCUT2D eigenvalue weighted by Crippen LogP contribution is 2.14. The zero-order valence-electron chi connectivity index (χ0n) is 11.5. The lowest BCUT2D eigenvalue weighted by Gasteiger charge is -2.34. The monoisotopic (exact) mass is 239 g/mol. The van der Waals surface area contributed by atoms with Crippen LogP contribution in [0.2, 0.25) is 0 Å². The molecule has 0 bridgehead atoms. The van der Waals surface area contributed by atoms with Crippen LogP contribution in [0.3, 0.4) is 0 Å². The number of likely N-dealkylation sites (tertiary alicyclic amines) is 1. The van der Waals surface area contributed by atoms with Gasteiger partial charge in [-0.15, -0.1) is 0 Å². The van der Waals surface area contributed by atoms with Crippen LogP contribution in [0.15, 0.2) is 0 Å². The van der Waals surface area contributed by atoms with Crippen molar-refractivity contribution in [2.75, 3.05) is 26.2 Å². The highest BCUT2D eigenvalue weighted by molar-refractivity contribution is 4.83. The first-order valence-corrected chi connectivity index (χ1v) is 7.49. The first-order chi connectivity index (χ1) is 8.28. The second kappa shape index (κ2) is 6.72. The molecule has 3 atom stereocenters. The highest BCUT2D eigenvalue weighted by atomic mass is 15.2. The lowest BCUT2D eigenvalue weighted by molar-refractivity contribution is 0.189. The fourth-order valence-electron chi connectivity index (χ4n) is 3.33. The smallest absolute Gasteiger partial charge is 0.0197 e. The summed E-state index contributed by atoms with van der Waals surface area (Å²) >= 11 is 0.